The van der Waals surface area contributed by atoms with Crippen LogP contribution in [-0.4, -0.2) is 29.0 Å². The number of allylic oxidation sites excluding steroid dienone is 1. The number of rotatable bonds is 15. The fourth-order valence-corrected chi connectivity index (χ4v) is 2.45. The molecule has 0 fully saturated rings. The first-order valence-corrected chi connectivity index (χ1v) is 8.93. The van der Waals surface area contributed by atoms with Crippen LogP contribution < -0.4 is 5.73 Å². The van der Waals surface area contributed by atoms with Crippen LogP contribution >= 0.6 is 0 Å². The number of hydrogen-bond donors (Lipinski definition) is 3. The molecule has 4 N–H and O–H groups in total. The van der Waals surface area contributed by atoms with Crippen LogP contribution in [0.25, 0.3) is 0 Å². The SMILES string of the molecule is CCCCCCCCCCCC/C=C/[C@@H](O)[C@H](N)CCO. The lowest BCUT2D eigenvalue weighted by atomic mass is 10.0. The van der Waals surface area contributed by atoms with Gasteiger partial charge < -0.3 is 15.9 Å². The molecule has 2 atom stereocenters. The van der Waals surface area contributed by atoms with E-state index in [1.165, 1.54) is 64.2 Å². The summed E-state index contributed by atoms with van der Waals surface area (Å²) in [6.07, 6.45) is 18.1. The largest absolute Gasteiger partial charge is 0.396 e. The molecule has 0 unspecified atom stereocenters. The monoisotopic (exact) mass is 299 g/mol. The minimum Gasteiger partial charge on any atom is -0.396 e. The van der Waals surface area contributed by atoms with Crippen molar-refractivity contribution in [2.75, 3.05) is 6.61 Å². The molecule has 0 aromatic carbocycles. The Labute approximate surface area is 131 Å². The van der Waals surface area contributed by atoms with Crippen LogP contribution in [0.2, 0.25) is 0 Å². The van der Waals surface area contributed by atoms with Gasteiger partial charge in [-0.1, -0.05) is 76.9 Å². The van der Waals surface area contributed by atoms with Crippen LogP contribution in [0.1, 0.15) is 84.0 Å². The number of aliphatic hydroxyl groups excluding tert-OH is 2. The number of aliphatic hydroxyl groups is 2. The highest BCUT2D eigenvalue weighted by Gasteiger charge is 2.09. The summed E-state index contributed by atoms with van der Waals surface area (Å²) in [5.74, 6) is 0. The lowest BCUT2D eigenvalue weighted by molar-refractivity contribution is 0.167. The van der Waals surface area contributed by atoms with Crippen LogP contribution in [0.3, 0.4) is 0 Å². The molecule has 0 saturated heterocycles. The van der Waals surface area contributed by atoms with Gasteiger partial charge in [-0.2, -0.15) is 0 Å². The maximum absolute atomic E-state index is 9.69. The van der Waals surface area contributed by atoms with Crippen molar-refractivity contribution in [3.05, 3.63) is 12.2 Å². The van der Waals surface area contributed by atoms with E-state index in [0.29, 0.717) is 6.42 Å². The van der Waals surface area contributed by atoms with Crippen LogP contribution in [0, 0.1) is 0 Å². The van der Waals surface area contributed by atoms with E-state index in [-0.39, 0.29) is 12.6 Å². The predicted molar refractivity (Wildman–Crippen MR) is 91.3 cm³/mol. The highest BCUT2D eigenvalue weighted by molar-refractivity contribution is 4.93. The fraction of sp³-hybridized carbons (Fsp3) is 0.889. The maximum Gasteiger partial charge on any atom is 0.0872 e. The molecule has 0 aliphatic carbocycles. The van der Waals surface area contributed by atoms with Crippen LogP contribution in [0.5, 0.6) is 0 Å². The van der Waals surface area contributed by atoms with Gasteiger partial charge in [-0.05, 0) is 19.3 Å². The maximum atomic E-state index is 9.69. The van der Waals surface area contributed by atoms with Crippen LogP contribution in [-0.2, 0) is 0 Å². The Morgan fingerprint density at radius 3 is 1.95 bits per heavy atom. The van der Waals surface area contributed by atoms with E-state index in [2.05, 4.69) is 6.92 Å². The Bertz CT molecular complexity index is 231. The number of nitrogens with two attached hydrogens (primary N) is 1. The van der Waals surface area contributed by atoms with Gasteiger partial charge in [-0.25, -0.2) is 0 Å². The lowest BCUT2D eigenvalue weighted by Crippen LogP contribution is -2.33. The molecule has 0 aromatic heterocycles. The predicted octanol–water partition coefficient (Wildman–Crippen LogP) is 3.92. The number of unbranched alkanes of at least 4 members (excludes halogenated alkanes) is 10. The molecular weight excluding hydrogens is 262 g/mol. The summed E-state index contributed by atoms with van der Waals surface area (Å²) < 4.78 is 0. The molecule has 0 saturated carbocycles. The average Bonchev–Trinajstić information content (AvgIpc) is 2.48. The van der Waals surface area contributed by atoms with Crippen molar-refractivity contribution in [3.8, 4) is 0 Å². The molecular formula is C18H37NO2. The summed E-state index contributed by atoms with van der Waals surface area (Å²) in [7, 11) is 0. The van der Waals surface area contributed by atoms with Gasteiger partial charge in [0.25, 0.3) is 0 Å². The summed E-state index contributed by atoms with van der Waals surface area (Å²) in [5, 5.41) is 18.4. The Balaban J connectivity index is 3.28. The van der Waals surface area contributed by atoms with E-state index < -0.39 is 6.10 Å². The third-order valence-corrected chi connectivity index (χ3v) is 3.96. The second-order valence-electron chi connectivity index (χ2n) is 6.07. The standard InChI is InChI=1S/C18H37NO2/c1-2-3-4-5-6-7-8-9-10-11-12-13-14-18(21)17(19)15-16-20/h13-14,17-18,20-21H,2-12,15-16,19H2,1H3/b14-13+/t17-,18-/m1/s1. The van der Waals surface area contributed by atoms with Crippen molar-refractivity contribution in [1.29, 1.82) is 0 Å². The Hall–Kier alpha value is -0.380. The third-order valence-electron chi connectivity index (χ3n) is 3.96. The summed E-state index contributed by atoms with van der Waals surface area (Å²) in [6.45, 7) is 2.29. The van der Waals surface area contributed by atoms with Gasteiger partial charge in [0, 0.05) is 12.6 Å². The van der Waals surface area contributed by atoms with Crippen LogP contribution in [0.4, 0.5) is 0 Å². The van der Waals surface area contributed by atoms with E-state index in [1.54, 1.807) is 6.08 Å². The minimum atomic E-state index is -0.625. The van der Waals surface area contributed by atoms with Gasteiger partial charge in [0.05, 0.1) is 6.10 Å². The third kappa shape index (κ3) is 14.3. The molecule has 3 nitrogen and oxygen atoms in total. The molecule has 0 rings (SSSR count). The molecule has 21 heavy (non-hydrogen) atoms. The highest BCUT2D eigenvalue weighted by atomic mass is 16.3. The average molecular weight is 299 g/mol. The Morgan fingerprint density at radius 1 is 0.905 bits per heavy atom. The van der Waals surface area contributed by atoms with E-state index in [1.807, 2.05) is 6.08 Å². The highest BCUT2D eigenvalue weighted by Crippen LogP contribution is 2.11. The summed E-state index contributed by atoms with van der Waals surface area (Å²) in [5.41, 5.74) is 5.71. The van der Waals surface area contributed by atoms with E-state index >= 15 is 0 Å². The van der Waals surface area contributed by atoms with E-state index in [9.17, 15) is 5.11 Å². The first-order valence-electron chi connectivity index (χ1n) is 8.93. The molecule has 0 spiro atoms. The first-order chi connectivity index (χ1) is 10.2. The smallest absolute Gasteiger partial charge is 0.0872 e. The molecule has 0 bridgehead atoms. The van der Waals surface area contributed by atoms with Crippen molar-refractivity contribution in [2.24, 2.45) is 5.73 Å². The Morgan fingerprint density at radius 2 is 1.43 bits per heavy atom. The molecule has 126 valence electrons. The summed E-state index contributed by atoms with van der Waals surface area (Å²) >= 11 is 0. The zero-order chi connectivity index (χ0) is 15.8. The number of hydrogen-bond acceptors (Lipinski definition) is 3. The zero-order valence-electron chi connectivity index (χ0n) is 14.0. The summed E-state index contributed by atoms with van der Waals surface area (Å²) in [4.78, 5) is 0. The van der Waals surface area contributed by atoms with Gasteiger partial charge in [-0.3, -0.25) is 0 Å². The van der Waals surface area contributed by atoms with Crippen molar-refractivity contribution in [1.82, 2.24) is 0 Å². The normalized spacial score (nSPS) is 14.7. The lowest BCUT2D eigenvalue weighted by Gasteiger charge is -2.13. The molecule has 0 aromatic rings. The topological polar surface area (TPSA) is 66.5 Å². The van der Waals surface area contributed by atoms with Crippen molar-refractivity contribution < 1.29 is 10.2 Å². The van der Waals surface area contributed by atoms with Crippen molar-refractivity contribution >= 4 is 0 Å². The van der Waals surface area contributed by atoms with Crippen molar-refractivity contribution in [3.63, 3.8) is 0 Å². The van der Waals surface area contributed by atoms with Gasteiger partial charge >= 0.3 is 0 Å². The molecule has 0 heterocycles. The molecule has 3 heteroatoms. The van der Waals surface area contributed by atoms with Gasteiger partial charge in [-0.15, -0.1) is 0 Å². The second kappa shape index (κ2) is 16.0. The fourth-order valence-electron chi connectivity index (χ4n) is 2.45. The van der Waals surface area contributed by atoms with Crippen molar-refractivity contribution in [2.45, 2.75) is 96.1 Å². The Kier molecular flexibility index (Phi) is 15.7. The van der Waals surface area contributed by atoms with Gasteiger partial charge in [0.1, 0.15) is 0 Å². The van der Waals surface area contributed by atoms with Crippen LogP contribution in [0.15, 0.2) is 12.2 Å². The second-order valence-corrected chi connectivity index (χ2v) is 6.07. The van der Waals surface area contributed by atoms with E-state index in [4.69, 9.17) is 10.8 Å². The first kappa shape index (κ1) is 20.6. The van der Waals surface area contributed by atoms with E-state index in [0.717, 1.165) is 6.42 Å². The molecule has 0 aliphatic heterocycles. The molecule has 0 radical (unpaired) electrons. The van der Waals surface area contributed by atoms with Gasteiger partial charge in [0.15, 0.2) is 0 Å². The summed E-state index contributed by atoms with van der Waals surface area (Å²) in [6, 6.07) is -0.348. The minimum absolute atomic E-state index is 0.0323. The molecule has 0 amide bonds. The van der Waals surface area contributed by atoms with Gasteiger partial charge in [0.2, 0.25) is 0 Å². The molecule has 0 aliphatic rings. The quantitative estimate of drug-likeness (QED) is 0.317. The zero-order valence-corrected chi connectivity index (χ0v) is 14.0.